The van der Waals surface area contributed by atoms with E-state index in [1.54, 1.807) is 23.1 Å². The highest BCUT2D eigenvalue weighted by atomic mass is 16.2. The second kappa shape index (κ2) is 7.28. The van der Waals surface area contributed by atoms with Crippen LogP contribution in [-0.4, -0.2) is 53.3 Å². The first-order valence-electron chi connectivity index (χ1n) is 8.09. The van der Waals surface area contributed by atoms with Gasteiger partial charge < -0.3 is 15.1 Å². The van der Waals surface area contributed by atoms with Crippen molar-refractivity contribution in [3.8, 4) is 0 Å². The number of likely N-dealkylation sites (N-methyl/N-ethyl adjacent to an activating group) is 1. The molecule has 6 nitrogen and oxygen atoms in total. The molecular weight excluding hydrogens is 290 g/mol. The first kappa shape index (κ1) is 15.6. The number of hydrogen-bond donors (Lipinski definition) is 1. The summed E-state index contributed by atoms with van der Waals surface area (Å²) in [5, 5.41) is 6.93. The number of nitrogens with one attached hydrogen (secondary N) is 1. The highest BCUT2D eigenvalue weighted by Gasteiger charge is 2.15. The second-order valence-electron chi connectivity index (χ2n) is 5.72. The Morgan fingerprint density at radius 2 is 1.91 bits per heavy atom. The van der Waals surface area contributed by atoms with Crippen LogP contribution in [0, 0.1) is 0 Å². The zero-order valence-electron chi connectivity index (χ0n) is 13.5. The van der Waals surface area contributed by atoms with Gasteiger partial charge in [0.25, 0.3) is 0 Å². The third-order valence-electron chi connectivity index (χ3n) is 4.20. The van der Waals surface area contributed by atoms with Crippen molar-refractivity contribution in [1.82, 2.24) is 14.7 Å². The highest BCUT2D eigenvalue weighted by molar-refractivity contribution is 5.90. The molecule has 3 rings (SSSR count). The van der Waals surface area contributed by atoms with E-state index >= 15 is 0 Å². The molecule has 1 saturated heterocycles. The van der Waals surface area contributed by atoms with Crippen molar-refractivity contribution < 1.29 is 4.79 Å². The van der Waals surface area contributed by atoms with Crippen LogP contribution in [0.4, 0.5) is 11.4 Å². The Kier molecular flexibility index (Phi) is 4.92. The summed E-state index contributed by atoms with van der Waals surface area (Å²) in [7, 11) is 0. The zero-order chi connectivity index (χ0) is 16.1. The number of rotatable bonds is 5. The molecule has 1 aliphatic heterocycles. The van der Waals surface area contributed by atoms with Gasteiger partial charge in [0.1, 0.15) is 6.54 Å². The van der Waals surface area contributed by atoms with Gasteiger partial charge in [-0.25, -0.2) is 0 Å². The van der Waals surface area contributed by atoms with Crippen LogP contribution in [0.25, 0.3) is 0 Å². The number of benzene rings is 1. The molecule has 23 heavy (non-hydrogen) atoms. The number of hydrogen-bond acceptors (Lipinski definition) is 4. The Morgan fingerprint density at radius 3 is 2.52 bits per heavy atom. The van der Waals surface area contributed by atoms with Gasteiger partial charge in [-0.2, -0.15) is 5.10 Å². The second-order valence-corrected chi connectivity index (χ2v) is 5.72. The molecule has 1 aromatic carbocycles. The fraction of sp³-hybridized carbons (Fsp3) is 0.412. The molecule has 1 fully saturated rings. The molecule has 0 aliphatic carbocycles. The van der Waals surface area contributed by atoms with Crippen LogP contribution in [-0.2, 0) is 11.3 Å². The third-order valence-corrected chi connectivity index (χ3v) is 4.20. The van der Waals surface area contributed by atoms with Gasteiger partial charge in [-0.1, -0.05) is 6.92 Å². The topological polar surface area (TPSA) is 53.4 Å². The molecule has 0 saturated carbocycles. The molecule has 0 bridgehead atoms. The van der Waals surface area contributed by atoms with E-state index in [2.05, 4.69) is 39.3 Å². The summed E-state index contributed by atoms with van der Waals surface area (Å²) in [6.45, 7) is 7.88. The fourth-order valence-electron chi connectivity index (χ4n) is 2.82. The molecule has 0 radical (unpaired) electrons. The van der Waals surface area contributed by atoms with Crippen molar-refractivity contribution in [2.24, 2.45) is 0 Å². The largest absolute Gasteiger partial charge is 0.369 e. The molecule has 0 unspecified atom stereocenters. The van der Waals surface area contributed by atoms with Gasteiger partial charge in [-0.05, 0) is 36.9 Å². The van der Waals surface area contributed by atoms with Gasteiger partial charge >= 0.3 is 0 Å². The van der Waals surface area contributed by atoms with Crippen molar-refractivity contribution in [3.63, 3.8) is 0 Å². The van der Waals surface area contributed by atoms with Crippen molar-refractivity contribution in [1.29, 1.82) is 0 Å². The average molecular weight is 313 g/mol. The standard InChI is InChI=1S/C17H23N5O/c1-2-20-10-12-21(13-11-20)16-6-4-15(5-7-16)19-17(23)14-22-9-3-8-18-22/h3-9H,2,10-14H2,1H3,(H,19,23). The van der Waals surface area contributed by atoms with E-state index in [4.69, 9.17) is 0 Å². The normalized spacial score (nSPS) is 15.6. The molecule has 1 aromatic heterocycles. The third kappa shape index (κ3) is 4.10. The molecule has 6 heteroatoms. The molecule has 2 aromatic rings. The molecule has 1 amide bonds. The van der Waals surface area contributed by atoms with E-state index in [-0.39, 0.29) is 12.5 Å². The van der Waals surface area contributed by atoms with E-state index in [0.29, 0.717) is 0 Å². The summed E-state index contributed by atoms with van der Waals surface area (Å²) in [5.74, 6) is -0.0713. The lowest BCUT2D eigenvalue weighted by Crippen LogP contribution is -2.46. The number of anilines is 2. The smallest absolute Gasteiger partial charge is 0.246 e. The van der Waals surface area contributed by atoms with Crippen molar-refractivity contribution in [3.05, 3.63) is 42.7 Å². The minimum atomic E-state index is -0.0713. The van der Waals surface area contributed by atoms with Crippen molar-refractivity contribution in [2.75, 3.05) is 42.9 Å². The van der Waals surface area contributed by atoms with E-state index in [1.807, 2.05) is 12.1 Å². The van der Waals surface area contributed by atoms with E-state index in [1.165, 1.54) is 5.69 Å². The number of aromatic nitrogens is 2. The Labute approximate surface area is 136 Å². The number of carbonyl (C=O) groups is 1. The van der Waals surface area contributed by atoms with Crippen LogP contribution < -0.4 is 10.2 Å². The summed E-state index contributed by atoms with van der Waals surface area (Å²) in [6, 6.07) is 9.88. The predicted octanol–water partition coefficient (Wildman–Crippen LogP) is 1.66. The Balaban J connectivity index is 1.54. The molecular formula is C17H23N5O. The van der Waals surface area contributed by atoms with Gasteiger partial charge in [0, 0.05) is 49.9 Å². The molecule has 0 atom stereocenters. The molecule has 2 heterocycles. The zero-order valence-corrected chi connectivity index (χ0v) is 13.5. The van der Waals surface area contributed by atoms with Crippen LogP contribution in [0.15, 0.2) is 42.7 Å². The summed E-state index contributed by atoms with van der Waals surface area (Å²) in [4.78, 5) is 16.8. The minimum Gasteiger partial charge on any atom is -0.369 e. The summed E-state index contributed by atoms with van der Waals surface area (Å²) >= 11 is 0. The molecule has 122 valence electrons. The Hall–Kier alpha value is -2.34. The molecule has 1 N–H and O–H groups in total. The van der Waals surface area contributed by atoms with Gasteiger partial charge in [-0.3, -0.25) is 9.48 Å². The average Bonchev–Trinajstić information content (AvgIpc) is 3.08. The van der Waals surface area contributed by atoms with E-state index < -0.39 is 0 Å². The van der Waals surface area contributed by atoms with Gasteiger partial charge in [0.2, 0.25) is 5.91 Å². The van der Waals surface area contributed by atoms with Crippen molar-refractivity contribution in [2.45, 2.75) is 13.5 Å². The lowest BCUT2D eigenvalue weighted by Gasteiger charge is -2.35. The lowest BCUT2D eigenvalue weighted by atomic mass is 10.2. The van der Waals surface area contributed by atoms with Crippen molar-refractivity contribution >= 4 is 17.3 Å². The van der Waals surface area contributed by atoms with Gasteiger partial charge in [-0.15, -0.1) is 0 Å². The van der Waals surface area contributed by atoms with E-state index in [0.717, 1.165) is 38.4 Å². The summed E-state index contributed by atoms with van der Waals surface area (Å²) < 4.78 is 1.61. The van der Waals surface area contributed by atoms with Crippen LogP contribution >= 0.6 is 0 Å². The highest BCUT2D eigenvalue weighted by Crippen LogP contribution is 2.19. The number of piperazine rings is 1. The quantitative estimate of drug-likeness (QED) is 0.912. The maximum atomic E-state index is 11.9. The van der Waals surface area contributed by atoms with Crippen LogP contribution in [0.2, 0.25) is 0 Å². The summed E-state index contributed by atoms with van der Waals surface area (Å²) in [6.07, 6.45) is 3.44. The number of amides is 1. The Morgan fingerprint density at radius 1 is 1.17 bits per heavy atom. The Bertz CT molecular complexity index is 615. The SMILES string of the molecule is CCN1CCN(c2ccc(NC(=O)Cn3cccn3)cc2)CC1. The molecule has 1 aliphatic rings. The lowest BCUT2D eigenvalue weighted by molar-refractivity contribution is -0.116. The summed E-state index contributed by atoms with van der Waals surface area (Å²) in [5.41, 5.74) is 2.03. The maximum Gasteiger partial charge on any atom is 0.246 e. The van der Waals surface area contributed by atoms with Crippen LogP contribution in [0.3, 0.4) is 0 Å². The van der Waals surface area contributed by atoms with Crippen LogP contribution in [0.5, 0.6) is 0 Å². The monoisotopic (exact) mass is 313 g/mol. The first-order chi connectivity index (χ1) is 11.2. The van der Waals surface area contributed by atoms with E-state index in [9.17, 15) is 4.79 Å². The number of carbonyl (C=O) groups excluding carboxylic acids is 1. The first-order valence-corrected chi connectivity index (χ1v) is 8.09. The number of nitrogens with zero attached hydrogens (tertiary/aromatic N) is 4. The fourth-order valence-corrected chi connectivity index (χ4v) is 2.82. The maximum absolute atomic E-state index is 11.9. The van der Waals surface area contributed by atoms with Crippen LogP contribution in [0.1, 0.15) is 6.92 Å². The molecule has 0 spiro atoms. The van der Waals surface area contributed by atoms with Gasteiger partial charge in [0.05, 0.1) is 0 Å². The minimum absolute atomic E-state index is 0.0713. The van der Waals surface area contributed by atoms with Gasteiger partial charge in [0.15, 0.2) is 0 Å². The predicted molar refractivity (Wildman–Crippen MR) is 91.6 cm³/mol.